The fourth-order valence-corrected chi connectivity index (χ4v) is 2.26. The lowest BCUT2D eigenvalue weighted by Crippen LogP contribution is -2.29. The molecule has 1 heterocycles. The summed E-state index contributed by atoms with van der Waals surface area (Å²) in [6.45, 7) is 10.0. The number of aryl methyl sites for hydroxylation is 1. The molecule has 1 rings (SSSR count). The van der Waals surface area contributed by atoms with E-state index in [9.17, 15) is 0 Å². The molecule has 1 aromatic heterocycles. The van der Waals surface area contributed by atoms with Gasteiger partial charge >= 0.3 is 0 Å². The molecule has 0 aliphatic heterocycles. The quantitative estimate of drug-likeness (QED) is 0.852. The Balaban J connectivity index is 2.22. The molecule has 16 heavy (non-hydrogen) atoms. The minimum atomic E-state index is 0.364. The fraction of sp³-hybridized carbons (Fsp3) is 0.692. The molecule has 0 fully saturated rings. The van der Waals surface area contributed by atoms with Gasteiger partial charge in [-0.25, -0.2) is 0 Å². The maximum Gasteiger partial charge on any atom is 0.0223 e. The van der Waals surface area contributed by atoms with Gasteiger partial charge in [-0.1, -0.05) is 20.8 Å². The summed E-state index contributed by atoms with van der Waals surface area (Å²) in [4.78, 5) is 0. The van der Waals surface area contributed by atoms with Crippen molar-refractivity contribution < 1.29 is 0 Å². The van der Waals surface area contributed by atoms with E-state index < -0.39 is 0 Å². The second-order valence-corrected chi connectivity index (χ2v) is 7.24. The molecule has 1 aromatic rings. The van der Waals surface area contributed by atoms with Gasteiger partial charge in [0, 0.05) is 42.5 Å². The zero-order valence-electron chi connectivity index (χ0n) is 11.1. The predicted molar refractivity (Wildman–Crippen MR) is 73.9 cm³/mol. The van der Waals surface area contributed by atoms with Crippen LogP contribution in [0.15, 0.2) is 18.5 Å². The Morgan fingerprint density at radius 2 is 2.12 bits per heavy atom. The Kier molecular flexibility index (Phi) is 4.93. The van der Waals surface area contributed by atoms with Crippen LogP contribution >= 0.6 is 11.8 Å². The predicted octanol–water partition coefficient (Wildman–Crippen LogP) is 3.03. The van der Waals surface area contributed by atoms with Crippen molar-refractivity contribution in [2.24, 2.45) is 7.05 Å². The third kappa shape index (κ3) is 5.61. The van der Waals surface area contributed by atoms with Crippen molar-refractivity contribution in [1.29, 1.82) is 0 Å². The van der Waals surface area contributed by atoms with Gasteiger partial charge in [-0.05, 0) is 18.6 Å². The summed E-state index contributed by atoms with van der Waals surface area (Å²) in [7, 11) is 2.06. The van der Waals surface area contributed by atoms with Gasteiger partial charge in [0.1, 0.15) is 0 Å². The van der Waals surface area contributed by atoms with Gasteiger partial charge in [0.25, 0.3) is 0 Å². The van der Waals surface area contributed by atoms with Crippen LogP contribution in [0.3, 0.4) is 0 Å². The van der Waals surface area contributed by atoms with E-state index in [1.807, 2.05) is 11.8 Å². The van der Waals surface area contributed by atoms with Crippen molar-refractivity contribution in [2.45, 2.75) is 45.0 Å². The number of hydrogen-bond acceptors (Lipinski definition) is 2. The number of nitrogens with one attached hydrogen (secondary N) is 1. The molecule has 0 aliphatic carbocycles. The largest absolute Gasteiger partial charge is 0.357 e. The van der Waals surface area contributed by atoms with E-state index in [0.29, 0.717) is 10.8 Å². The van der Waals surface area contributed by atoms with Gasteiger partial charge in [0.2, 0.25) is 0 Å². The molecule has 0 saturated carbocycles. The molecule has 3 heteroatoms. The lowest BCUT2D eigenvalue weighted by atomic mass is 10.3. The zero-order valence-corrected chi connectivity index (χ0v) is 11.9. The van der Waals surface area contributed by atoms with Crippen molar-refractivity contribution in [2.75, 3.05) is 5.75 Å². The smallest absolute Gasteiger partial charge is 0.0223 e. The first kappa shape index (κ1) is 13.7. The summed E-state index contributed by atoms with van der Waals surface area (Å²) in [6.07, 6.45) is 4.25. The second kappa shape index (κ2) is 5.78. The third-order valence-corrected chi connectivity index (χ3v) is 3.85. The van der Waals surface area contributed by atoms with Crippen molar-refractivity contribution >= 4 is 11.8 Å². The Morgan fingerprint density at radius 1 is 1.44 bits per heavy atom. The van der Waals surface area contributed by atoms with E-state index in [1.165, 1.54) is 5.56 Å². The van der Waals surface area contributed by atoms with Crippen LogP contribution in [0, 0.1) is 0 Å². The van der Waals surface area contributed by atoms with Crippen molar-refractivity contribution in [3.8, 4) is 0 Å². The number of hydrogen-bond donors (Lipinski definition) is 1. The zero-order chi connectivity index (χ0) is 12.2. The minimum Gasteiger partial charge on any atom is -0.357 e. The van der Waals surface area contributed by atoms with Gasteiger partial charge in [-0.15, -0.1) is 0 Å². The lowest BCUT2D eigenvalue weighted by molar-refractivity contribution is 0.593. The summed E-state index contributed by atoms with van der Waals surface area (Å²) in [6, 6.07) is 2.72. The Bertz CT molecular complexity index is 312. The molecule has 1 N–H and O–H groups in total. The lowest BCUT2D eigenvalue weighted by Gasteiger charge is -2.21. The SMILES string of the molecule is CC(CSC(C)(C)C)NCc1ccn(C)c1. The Morgan fingerprint density at radius 3 is 2.62 bits per heavy atom. The standard InChI is InChI=1S/C13H24N2S/c1-11(10-16-13(2,3)4)14-8-12-6-7-15(5)9-12/h6-7,9,11,14H,8,10H2,1-5H3. The summed E-state index contributed by atoms with van der Waals surface area (Å²) in [5, 5.41) is 3.55. The van der Waals surface area contributed by atoms with Crippen LogP contribution in [0.2, 0.25) is 0 Å². The molecule has 0 aromatic carbocycles. The maximum absolute atomic E-state index is 3.55. The molecule has 1 atom stereocenters. The summed E-state index contributed by atoms with van der Waals surface area (Å²) < 4.78 is 2.45. The minimum absolute atomic E-state index is 0.364. The molecule has 2 nitrogen and oxygen atoms in total. The van der Waals surface area contributed by atoms with E-state index in [0.717, 1.165) is 12.3 Å². The summed E-state index contributed by atoms with van der Waals surface area (Å²) >= 11 is 2.01. The molecule has 0 radical (unpaired) electrons. The third-order valence-electron chi connectivity index (χ3n) is 2.31. The Hall–Kier alpha value is -0.410. The molecule has 0 bridgehead atoms. The van der Waals surface area contributed by atoms with Crippen LogP contribution in [-0.2, 0) is 13.6 Å². The van der Waals surface area contributed by atoms with Gasteiger partial charge in [-0.3, -0.25) is 0 Å². The first-order valence-electron chi connectivity index (χ1n) is 5.85. The number of aromatic nitrogens is 1. The molecule has 0 spiro atoms. The molecular weight excluding hydrogens is 216 g/mol. The van der Waals surface area contributed by atoms with E-state index in [2.05, 4.69) is 63.1 Å². The monoisotopic (exact) mass is 240 g/mol. The van der Waals surface area contributed by atoms with E-state index >= 15 is 0 Å². The van der Waals surface area contributed by atoms with E-state index in [-0.39, 0.29) is 0 Å². The van der Waals surface area contributed by atoms with Crippen LogP contribution in [0.1, 0.15) is 33.3 Å². The average Bonchev–Trinajstić information content (AvgIpc) is 2.57. The van der Waals surface area contributed by atoms with Crippen molar-refractivity contribution in [3.05, 3.63) is 24.0 Å². The highest BCUT2D eigenvalue weighted by atomic mass is 32.2. The highest BCUT2D eigenvalue weighted by Gasteiger charge is 2.12. The van der Waals surface area contributed by atoms with E-state index in [1.54, 1.807) is 0 Å². The van der Waals surface area contributed by atoms with Gasteiger partial charge < -0.3 is 9.88 Å². The van der Waals surface area contributed by atoms with Gasteiger partial charge in [-0.2, -0.15) is 11.8 Å². The van der Waals surface area contributed by atoms with E-state index in [4.69, 9.17) is 0 Å². The summed E-state index contributed by atoms with van der Waals surface area (Å²) in [5.41, 5.74) is 1.36. The number of thioether (sulfide) groups is 1. The molecule has 0 amide bonds. The normalized spacial score (nSPS) is 14.1. The van der Waals surface area contributed by atoms with Crippen LogP contribution < -0.4 is 5.32 Å². The second-order valence-electron chi connectivity index (χ2n) is 5.39. The van der Waals surface area contributed by atoms with Crippen LogP contribution in [0.5, 0.6) is 0 Å². The van der Waals surface area contributed by atoms with Crippen molar-refractivity contribution in [3.63, 3.8) is 0 Å². The highest BCUT2D eigenvalue weighted by Crippen LogP contribution is 2.23. The van der Waals surface area contributed by atoms with Gasteiger partial charge in [0.05, 0.1) is 0 Å². The van der Waals surface area contributed by atoms with Gasteiger partial charge in [0.15, 0.2) is 0 Å². The van der Waals surface area contributed by atoms with Crippen LogP contribution in [0.4, 0.5) is 0 Å². The molecule has 92 valence electrons. The fourth-order valence-electron chi connectivity index (χ4n) is 1.39. The average molecular weight is 240 g/mol. The van der Waals surface area contributed by atoms with Crippen molar-refractivity contribution in [1.82, 2.24) is 9.88 Å². The molecular formula is C13H24N2S. The topological polar surface area (TPSA) is 17.0 Å². The first-order chi connectivity index (χ1) is 7.37. The molecule has 0 saturated heterocycles. The highest BCUT2D eigenvalue weighted by molar-refractivity contribution is 8.00. The number of rotatable bonds is 5. The first-order valence-corrected chi connectivity index (χ1v) is 6.83. The van der Waals surface area contributed by atoms with Crippen LogP contribution in [-0.4, -0.2) is 21.1 Å². The van der Waals surface area contributed by atoms with Crippen LogP contribution in [0.25, 0.3) is 0 Å². The molecule has 1 unspecified atom stereocenters. The molecule has 0 aliphatic rings. The number of nitrogens with zero attached hydrogens (tertiary/aromatic N) is 1. The maximum atomic E-state index is 3.55. The summed E-state index contributed by atoms with van der Waals surface area (Å²) in [5.74, 6) is 1.16. The Labute approximate surface area is 104 Å².